The van der Waals surface area contributed by atoms with E-state index in [0.29, 0.717) is 25.5 Å². The number of aromatic nitrogens is 2. The summed E-state index contributed by atoms with van der Waals surface area (Å²) in [5.74, 6) is -1.18. The topological polar surface area (TPSA) is 64.3 Å². The summed E-state index contributed by atoms with van der Waals surface area (Å²) in [5, 5.41) is 13.7. The van der Waals surface area contributed by atoms with E-state index in [0.717, 1.165) is 25.7 Å². The van der Waals surface area contributed by atoms with Gasteiger partial charge in [0.15, 0.2) is 0 Å². The van der Waals surface area contributed by atoms with Gasteiger partial charge in [0, 0.05) is 31.2 Å². The first-order valence-corrected chi connectivity index (χ1v) is 7.82. The highest BCUT2D eigenvalue weighted by molar-refractivity contribution is 5.88. The Morgan fingerprint density at radius 3 is 2.43 bits per heavy atom. The van der Waals surface area contributed by atoms with Crippen molar-refractivity contribution in [1.29, 1.82) is 0 Å². The molecular weight excluding hydrogens is 313 g/mol. The molecule has 0 unspecified atom stereocenters. The summed E-state index contributed by atoms with van der Waals surface area (Å²) in [6.07, 6.45) is -2.58. The second kappa shape index (κ2) is 6.14. The van der Waals surface area contributed by atoms with Crippen LogP contribution in [0.25, 0.3) is 0 Å². The largest absolute Gasteiger partial charge is 0.477 e. The van der Waals surface area contributed by atoms with Crippen molar-refractivity contribution >= 4 is 5.97 Å². The molecule has 23 heavy (non-hydrogen) atoms. The molecule has 8 heteroatoms. The van der Waals surface area contributed by atoms with E-state index in [2.05, 4.69) is 5.10 Å². The molecular formula is C15H19F3N2O3. The fourth-order valence-electron chi connectivity index (χ4n) is 3.12. The Kier molecular flexibility index (Phi) is 4.35. The summed E-state index contributed by atoms with van der Waals surface area (Å²) in [6.45, 7) is 1.53. The lowest BCUT2D eigenvalue weighted by Crippen LogP contribution is -2.23. The number of rotatable bonds is 5. The van der Waals surface area contributed by atoms with Crippen LogP contribution in [0.3, 0.4) is 0 Å². The van der Waals surface area contributed by atoms with E-state index in [4.69, 9.17) is 4.74 Å². The number of hydrogen-bond acceptors (Lipinski definition) is 3. The number of ether oxygens (including phenoxy) is 1. The molecule has 1 aliphatic heterocycles. The first-order chi connectivity index (χ1) is 10.8. The van der Waals surface area contributed by atoms with E-state index >= 15 is 0 Å². The van der Waals surface area contributed by atoms with Crippen LogP contribution < -0.4 is 0 Å². The molecule has 2 fully saturated rings. The minimum atomic E-state index is -4.44. The maximum absolute atomic E-state index is 12.9. The van der Waals surface area contributed by atoms with E-state index in [1.807, 2.05) is 0 Å². The molecule has 1 saturated carbocycles. The SMILES string of the molecule is O=C(O)c1c(CC(F)(F)F)c(C2CC2)nn1CC1CCOCC1. The van der Waals surface area contributed by atoms with Gasteiger partial charge in [0.25, 0.3) is 0 Å². The van der Waals surface area contributed by atoms with Crippen LogP contribution in [0.5, 0.6) is 0 Å². The maximum Gasteiger partial charge on any atom is 0.393 e. The van der Waals surface area contributed by atoms with Gasteiger partial charge in [-0.05, 0) is 31.6 Å². The van der Waals surface area contributed by atoms with Gasteiger partial charge in [-0.15, -0.1) is 0 Å². The van der Waals surface area contributed by atoms with Crippen LogP contribution in [0.15, 0.2) is 0 Å². The molecule has 0 radical (unpaired) electrons. The van der Waals surface area contributed by atoms with Crippen LogP contribution in [0.4, 0.5) is 13.2 Å². The van der Waals surface area contributed by atoms with Crippen molar-refractivity contribution < 1.29 is 27.8 Å². The van der Waals surface area contributed by atoms with Crippen molar-refractivity contribution in [3.05, 3.63) is 17.0 Å². The van der Waals surface area contributed by atoms with Gasteiger partial charge < -0.3 is 9.84 Å². The summed E-state index contributed by atoms with van der Waals surface area (Å²) in [6, 6.07) is 0. The summed E-state index contributed by atoms with van der Waals surface area (Å²) in [4.78, 5) is 11.6. The smallest absolute Gasteiger partial charge is 0.393 e. The lowest BCUT2D eigenvalue weighted by molar-refractivity contribution is -0.127. The molecule has 128 valence electrons. The van der Waals surface area contributed by atoms with Crippen molar-refractivity contribution in [2.45, 2.75) is 50.7 Å². The second-order valence-electron chi connectivity index (χ2n) is 6.32. The van der Waals surface area contributed by atoms with Crippen molar-refractivity contribution in [1.82, 2.24) is 9.78 Å². The lowest BCUT2D eigenvalue weighted by atomic mass is 10.00. The summed E-state index contributed by atoms with van der Waals surface area (Å²) in [5.41, 5.74) is -0.123. The monoisotopic (exact) mass is 332 g/mol. The van der Waals surface area contributed by atoms with Gasteiger partial charge >= 0.3 is 12.1 Å². The summed E-state index contributed by atoms with van der Waals surface area (Å²) < 4.78 is 45.2. The van der Waals surface area contributed by atoms with Crippen LogP contribution in [-0.4, -0.2) is 40.2 Å². The molecule has 1 N–H and O–H groups in total. The molecule has 0 spiro atoms. The highest BCUT2D eigenvalue weighted by Crippen LogP contribution is 2.43. The molecule has 1 aliphatic carbocycles. The molecule has 1 saturated heterocycles. The summed E-state index contributed by atoms with van der Waals surface area (Å²) >= 11 is 0. The zero-order chi connectivity index (χ0) is 16.6. The predicted octanol–water partition coefficient (Wildman–Crippen LogP) is 2.99. The average molecular weight is 332 g/mol. The van der Waals surface area contributed by atoms with Gasteiger partial charge in [0.05, 0.1) is 12.1 Å². The Morgan fingerprint density at radius 2 is 1.91 bits per heavy atom. The molecule has 3 rings (SSSR count). The van der Waals surface area contributed by atoms with Crippen molar-refractivity contribution in [3.8, 4) is 0 Å². The first-order valence-electron chi connectivity index (χ1n) is 7.82. The van der Waals surface area contributed by atoms with Gasteiger partial charge in [0.1, 0.15) is 5.69 Å². The standard InChI is InChI=1S/C15H19F3N2O3/c16-15(17,18)7-11-12(10-1-2-10)19-20(13(11)14(21)22)8-9-3-5-23-6-4-9/h9-10H,1-8H2,(H,21,22). The zero-order valence-corrected chi connectivity index (χ0v) is 12.6. The quantitative estimate of drug-likeness (QED) is 0.900. The molecule has 0 atom stereocenters. The van der Waals surface area contributed by atoms with Crippen LogP contribution in [-0.2, 0) is 17.7 Å². The molecule has 1 aromatic rings. The third-order valence-corrected chi connectivity index (χ3v) is 4.40. The molecule has 2 heterocycles. The van der Waals surface area contributed by atoms with Crippen molar-refractivity contribution in [2.24, 2.45) is 5.92 Å². The predicted molar refractivity (Wildman–Crippen MR) is 74.5 cm³/mol. The van der Waals surface area contributed by atoms with Crippen LogP contribution in [0.1, 0.15) is 53.3 Å². The fraction of sp³-hybridized carbons (Fsp3) is 0.733. The van der Waals surface area contributed by atoms with Gasteiger partial charge in [-0.2, -0.15) is 18.3 Å². The Hall–Kier alpha value is -1.57. The molecule has 0 amide bonds. The highest BCUT2D eigenvalue weighted by Gasteiger charge is 2.39. The number of hydrogen-bond donors (Lipinski definition) is 1. The Labute approximate surface area is 131 Å². The lowest BCUT2D eigenvalue weighted by Gasteiger charge is -2.22. The summed E-state index contributed by atoms with van der Waals surface area (Å²) in [7, 11) is 0. The normalized spacial score (nSPS) is 20.0. The number of carboxylic acids is 1. The third-order valence-electron chi connectivity index (χ3n) is 4.40. The van der Waals surface area contributed by atoms with E-state index in [1.54, 1.807) is 0 Å². The maximum atomic E-state index is 12.9. The second-order valence-corrected chi connectivity index (χ2v) is 6.32. The minimum absolute atomic E-state index is 0.0265. The zero-order valence-electron chi connectivity index (χ0n) is 12.6. The number of nitrogens with zero attached hydrogens (tertiary/aromatic N) is 2. The molecule has 0 aromatic carbocycles. The molecule has 5 nitrogen and oxygen atoms in total. The van der Waals surface area contributed by atoms with E-state index < -0.39 is 18.6 Å². The Morgan fingerprint density at radius 1 is 1.26 bits per heavy atom. The molecule has 2 aliphatic rings. The first kappa shape index (κ1) is 16.3. The van der Waals surface area contributed by atoms with Gasteiger partial charge in [-0.1, -0.05) is 0 Å². The van der Waals surface area contributed by atoms with Crippen molar-refractivity contribution in [2.75, 3.05) is 13.2 Å². The van der Waals surface area contributed by atoms with Crippen molar-refractivity contribution in [3.63, 3.8) is 0 Å². The fourth-order valence-corrected chi connectivity index (χ4v) is 3.12. The average Bonchev–Trinajstić information content (AvgIpc) is 3.23. The Balaban J connectivity index is 1.94. The third kappa shape index (κ3) is 3.85. The number of carboxylic acid groups (broad SMARTS) is 1. The minimum Gasteiger partial charge on any atom is -0.477 e. The van der Waals surface area contributed by atoms with Crippen LogP contribution in [0, 0.1) is 5.92 Å². The van der Waals surface area contributed by atoms with E-state index in [9.17, 15) is 23.1 Å². The van der Waals surface area contributed by atoms with Gasteiger partial charge in [-0.25, -0.2) is 4.79 Å². The Bertz CT molecular complexity index is 588. The number of aromatic carboxylic acids is 1. The number of carbonyl (C=O) groups is 1. The van der Waals surface area contributed by atoms with Gasteiger partial charge in [-0.3, -0.25) is 4.68 Å². The van der Waals surface area contributed by atoms with Crippen LogP contribution >= 0.6 is 0 Å². The van der Waals surface area contributed by atoms with Gasteiger partial charge in [0.2, 0.25) is 0 Å². The number of halogens is 3. The number of alkyl halides is 3. The van der Waals surface area contributed by atoms with Crippen LogP contribution in [0.2, 0.25) is 0 Å². The highest BCUT2D eigenvalue weighted by atomic mass is 19.4. The molecule has 0 bridgehead atoms. The van der Waals surface area contributed by atoms with E-state index in [-0.39, 0.29) is 23.1 Å². The van der Waals surface area contributed by atoms with E-state index in [1.165, 1.54) is 4.68 Å². The molecule has 1 aromatic heterocycles.